The second-order valence-corrected chi connectivity index (χ2v) is 7.73. The van der Waals surface area contributed by atoms with E-state index in [2.05, 4.69) is 4.90 Å². The van der Waals surface area contributed by atoms with Crippen molar-refractivity contribution in [3.05, 3.63) is 23.2 Å². The van der Waals surface area contributed by atoms with Gasteiger partial charge >= 0.3 is 0 Å². The molecule has 0 bridgehead atoms. The predicted octanol–water partition coefficient (Wildman–Crippen LogP) is 1.69. The molecule has 1 heterocycles. The summed E-state index contributed by atoms with van der Waals surface area (Å²) in [5, 5.41) is 0.377. The first-order valence-corrected chi connectivity index (χ1v) is 9.36. The van der Waals surface area contributed by atoms with Gasteiger partial charge in [-0.15, -0.1) is 0 Å². The fourth-order valence-corrected chi connectivity index (χ4v) is 4.46. The average molecular weight is 363 g/mol. The van der Waals surface area contributed by atoms with E-state index in [-0.39, 0.29) is 4.90 Å². The number of ether oxygens (including phenoxy) is 2. The summed E-state index contributed by atoms with van der Waals surface area (Å²) in [6, 6.07) is 4.64. The molecule has 0 aromatic heterocycles. The average Bonchev–Trinajstić information content (AvgIpc) is 2.55. The van der Waals surface area contributed by atoms with Gasteiger partial charge in [0.25, 0.3) is 0 Å². The molecule has 0 atom stereocenters. The summed E-state index contributed by atoms with van der Waals surface area (Å²) in [7, 11) is -0.466. The van der Waals surface area contributed by atoms with Crippen molar-refractivity contribution in [1.29, 1.82) is 0 Å². The minimum Gasteiger partial charge on any atom is -0.495 e. The number of sulfonamides is 1. The summed E-state index contributed by atoms with van der Waals surface area (Å²) in [5.41, 5.74) is 0. The highest BCUT2D eigenvalue weighted by Crippen LogP contribution is 2.30. The van der Waals surface area contributed by atoms with Crippen LogP contribution < -0.4 is 4.74 Å². The SMILES string of the molecule is COCCCN1CCN(S(=O)(=O)c2cc(Cl)ccc2OC)CC1. The van der Waals surface area contributed by atoms with Crippen molar-refractivity contribution in [3.63, 3.8) is 0 Å². The zero-order valence-electron chi connectivity index (χ0n) is 13.5. The molecule has 6 nitrogen and oxygen atoms in total. The maximum atomic E-state index is 12.8. The molecule has 1 aliphatic rings. The normalized spacial score (nSPS) is 17.3. The molecule has 1 aliphatic heterocycles. The van der Waals surface area contributed by atoms with Crippen LogP contribution in [-0.4, -0.2) is 71.2 Å². The Hall–Kier alpha value is -0.860. The standard InChI is InChI=1S/C15H23ClN2O4S/c1-21-11-3-6-17-7-9-18(10-8-17)23(19,20)15-12-13(16)4-5-14(15)22-2/h4-5,12H,3,6-11H2,1-2H3. The van der Waals surface area contributed by atoms with E-state index >= 15 is 0 Å². The van der Waals surface area contributed by atoms with Gasteiger partial charge in [-0.25, -0.2) is 8.42 Å². The fraction of sp³-hybridized carbons (Fsp3) is 0.600. The molecule has 0 N–H and O–H groups in total. The Kier molecular flexibility index (Phi) is 6.67. The molecule has 0 radical (unpaired) electrons. The Morgan fingerprint density at radius 2 is 1.87 bits per heavy atom. The van der Waals surface area contributed by atoms with E-state index < -0.39 is 10.0 Å². The molecule has 1 aromatic rings. The number of nitrogens with zero attached hydrogens (tertiary/aromatic N) is 2. The van der Waals surface area contributed by atoms with Crippen LogP contribution in [0.3, 0.4) is 0 Å². The van der Waals surface area contributed by atoms with Crippen LogP contribution in [0.15, 0.2) is 23.1 Å². The van der Waals surface area contributed by atoms with Crippen LogP contribution in [0.5, 0.6) is 5.75 Å². The van der Waals surface area contributed by atoms with Gasteiger partial charge in [-0.1, -0.05) is 11.6 Å². The third-order valence-electron chi connectivity index (χ3n) is 3.90. The maximum absolute atomic E-state index is 12.8. The molecule has 0 spiro atoms. The van der Waals surface area contributed by atoms with Gasteiger partial charge in [0, 0.05) is 51.5 Å². The van der Waals surface area contributed by atoms with E-state index in [0.29, 0.717) is 37.0 Å². The van der Waals surface area contributed by atoms with Crippen molar-refractivity contribution in [2.75, 3.05) is 53.6 Å². The molecule has 1 fully saturated rings. The quantitative estimate of drug-likeness (QED) is 0.691. The van der Waals surface area contributed by atoms with E-state index in [0.717, 1.165) is 19.6 Å². The van der Waals surface area contributed by atoms with Crippen molar-refractivity contribution < 1.29 is 17.9 Å². The zero-order valence-corrected chi connectivity index (χ0v) is 15.1. The lowest BCUT2D eigenvalue weighted by Gasteiger charge is -2.34. The van der Waals surface area contributed by atoms with Gasteiger partial charge in [0.2, 0.25) is 10.0 Å². The molecule has 0 aliphatic carbocycles. The topological polar surface area (TPSA) is 59.1 Å². The van der Waals surface area contributed by atoms with Crippen LogP contribution in [0.25, 0.3) is 0 Å². The minimum atomic E-state index is -3.60. The molecule has 8 heteroatoms. The summed E-state index contributed by atoms with van der Waals surface area (Å²) in [4.78, 5) is 2.38. The van der Waals surface area contributed by atoms with Crippen molar-refractivity contribution in [3.8, 4) is 5.75 Å². The lowest BCUT2D eigenvalue weighted by molar-refractivity contribution is 0.149. The molecule has 2 rings (SSSR count). The second kappa shape index (κ2) is 8.30. The van der Waals surface area contributed by atoms with E-state index in [9.17, 15) is 8.42 Å². The number of halogens is 1. The Bertz CT molecular complexity index is 616. The van der Waals surface area contributed by atoms with Crippen molar-refractivity contribution in [1.82, 2.24) is 9.21 Å². The van der Waals surface area contributed by atoms with Gasteiger partial charge in [-0.2, -0.15) is 4.31 Å². The fourth-order valence-electron chi connectivity index (χ4n) is 2.62. The van der Waals surface area contributed by atoms with Gasteiger partial charge in [0.15, 0.2) is 0 Å². The minimum absolute atomic E-state index is 0.125. The highest BCUT2D eigenvalue weighted by atomic mass is 35.5. The second-order valence-electron chi connectivity index (χ2n) is 5.39. The van der Waals surface area contributed by atoms with Crippen LogP contribution in [-0.2, 0) is 14.8 Å². The van der Waals surface area contributed by atoms with Crippen molar-refractivity contribution >= 4 is 21.6 Å². The molecular weight excluding hydrogens is 340 g/mol. The summed E-state index contributed by atoms with van der Waals surface area (Å²) in [5.74, 6) is 0.317. The molecule has 0 unspecified atom stereocenters. The number of hydrogen-bond donors (Lipinski definition) is 0. The molecule has 130 valence electrons. The third-order valence-corrected chi connectivity index (χ3v) is 6.05. The number of piperazine rings is 1. The summed E-state index contributed by atoms with van der Waals surface area (Å²) >= 11 is 5.95. The maximum Gasteiger partial charge on any atom is 0.246 e. The molecule has 1 aromatic carbocycles. The molecular formula is C15H23ClN2O4S. The van der Waals surface area contributed by atoms with Crippen LogP contribution >= 0.6 is 11.6 Å². The Balaban J connectivity index is 2.06. The number of rotatable bonds is 7. The summed E-state index contributed by atoms with van der Waals surface area (Å²) in [6.45, 7) is 3.99. The Morgan fingerprint density at radius 3 is 2.48 bits per heavy atom. The molecule has 0 amide bonds. The van der Waals surface area contributed by atoms with Crippen molar-refractivity contribution in [2.24, 2.45) is 0 Å². The Morgan fingerprint density at radius 1 is 1.17 bits per heavy atom. The molecule has 1 saturated heterocycles. The monoisotopic (exact) mass is 362 g/mol. The number of benzene rings is 1. The van der Waals surface area contributed by atoms with E-state index in [1.165, 1.54) is 17.5 Å². The first kappa shape index (κ1) is 18.5. The highest BCUT2D eigenvalue weighted by Gasteiger charge is 2.30. The number of hydrogen-bond acceptors (Lipinski definition) is 5. The lowest BCUT2D eigenvalue weighted by Crippen LogP contribution is -2.48. The third kappa shape index (κ3) is 4.58. The number of methoxy groups -OCH3 is 2. The van der Waals surface area contributed by atoms with Crippen LogP contribution in [0.2, 0.25) is 5.02 Å². The Labute approximate surface area is 143 Å². The first-order chi connectivity index (χ1) is 11.0. The summed E-state index contributed by atoms with van der Waals surface area (Å²) in [6.07, 6.45) is 0.950. The zero-order chi connectivity index (χ0) is 16.9. The summed E-state index contributed by atoms with van der Waals surface area (Å²) < 4.78 is 37.4. The first-order valence-electron chi connectivity index (χ1n) is 7.54. The lowest BCUT2D eigenvalue weighted by atomic mass is 10.3. The van der Waals surface area contributed by atoms with Crippen LogP contribution in [0, 0.1) is 0 Å². The van der Waals surface area contributed by atoms with Gasteiger partial charge < -0.3 is 14.4 Å². The largest absolute Gasteiger partial charge is 0.495 e. The molecule has 0 saturated carbocycles. The van der Waals surface area contributed by atoms with Gasteiger partial charge in [0.05, 0.1) is 7.11 Å². The highest BCUT2D eigenvalue weighted by molar-refractivity contribution is 7.89. The predicted molar refractivity (Wildman–Crippen MR) is 89.7 cm³/mol. The smallest absolute Gasteiger partial charge is 0.246 e. The van der Waals surface area contributed by atoms with Gasteiger partial charge in [-0.3, -0.25) is 0 Å². The van der Waals surface area contributed by atoms with Crippen LogP contribution in [0.4, 0.5) is 0 Å². The van der Waals surface area contributed by atoms with E-state index in [1.807, 2.05) is 0 Å². The van der Waals surface area contributed by atoms with Gasteiger partial charge in [-0.05, 0) is 24.6 Å². The van der Waals surface area contributed by atoms with Crippen LogP contribution in [0.1, 0.15) is 6.42 Å². The van der Waals surface area contributed by atoms with E-state index in [4.69, 9.17) is 21.1 Å². The molecule has 23 heavy (non-hydrogen) atoms. The van der Waals surface area contributed by atoms with E-state index in [1.54, 1.807) is 19.2 Å². The van der Waals surface area contributed by atoms with Crippen molar-refractivity contribution in [2.45, 2.75) is 11.3 Å². The van der Waals surface area contributed by atoms with Gasteiger partial charge in [0.1, 0.15) is 10.6 Å².